The van der Waals surface area contributed by atoms with Crippen LogP contribution in [0.3, 0.4) is 0 Å². The lowest BCUT2D eigenvalue weighted by molar-refractivity contribution is 0.590. The number of thioether (sulfide) groups is 1. The standard InChI is InChI=1S/C23H24N4S/c1-15-6-8-16(9-7-15)20-19(14-24)21(27-22(26-20)28-5)25-18-12-10-17(11-13-18)23(2,3)4/h6-13H,1-5H3,(H,25,26,27). The molecule has 0 amide bonds. The van der Waals surface area contributed by atoms with E-state index in [0.29, 0.717) is 22.2 Å². The van der Waals surface area contributed by atoms with Crippen molar-refractivity contribution in [2.75, 3.05) is 11.6 Å². The minimum atomic E-state index is 0.0931. The third-order valence-electron chi connectivity index (χ3n) is 4.52. The van der Waals surface area contributed by atoms with Gasteiger partial charge in [-0.2, -0.15) is 5.26 Å². The minimum absolute atomic E-state index is 0.0931. The first-order valence-electron chi connectivity index (χ1n) is 9.12. The molecule has 0 aliphatic rings. The van der Waals surface area contributed by atoms with Gasteiger partial charge in [-0.15, -0.1) is 0 Å². The molecule has 0 bridgehead atoms. The van der Waals surface area contributed by atoms with Gasteiger partial charge < -0.3 is 5.32 Å². The molecule has 0 saturated carbocycles. The van der Waals surface area contributed by atoms with Gasteiger partial charge >= 0.3 is 0 Å². The number of nitrogens with one attached hydrogen (secondary N) is 1. The molecule has 0 atom stereocenters. The van der Waals surface area contributed by atoms with Gasteiger partial charge in [-0.3, -0.25) is 0 Å². The van der Waals surface area contributed by atoms with Gasteiger partial charge in [0.15, 0.2) is 11.0 Å². The molecule has 3 aromatic rings. The molecular weight excluding hydrogens is 364 g/mol. The number of benzene rings is 2. The van der Waals surface area contributed by atoms with Crippen LogP contribution in [0.5, 0.6) is 0 Å². The second kappa shape index (κ2) is 8.04. The van der Waals surface area contributed by atoms with E-state index in [4.69, 9.17) is 0 Å². The maximum Gasteiger partial charge on any atom is 0.189 e. The molecule has 0 fully saturated rings. The van der Waals surface area contributed by atoms with Crippen LogP contribution in [-0.2, 0) is 5.41 Å². The summed E-state index contributed by atoms with van der Waals surface area (Å²) >= 11 is 1.46. The van der Waals surface area contributed by atoms with Crippen molar-refractivity contribution in [3.05, 3.63) is 65.2 Å². The molecule has 2 aromatic carbocycles. The number of nitrogens with zero attached hydrogens (tertiary/aromatic N) is 3. The summed E-state index contributed by atoms with van der Waals surface area (Å²) in [6.07, 6.45) is 1.93. The highest BCUT2D eigenvalue weighted by Crippen LogP contribution is 2.31. The second-order valence-corrected chi connectivity index (χ2v) is 8.49. The molecule has 28 heavy (non-hydrogen) atoms. The Bertz CT molecular complexity index is 1010. The molecule has 0 aliphatic heterocycles. The Morgan fingerprint density at radius 1 is 0.964 bits per heavy atom. The molecule has 0 aliphatic carbocycles. The second-order valence-electron chi connectivity index (χ2n) is 7.71. The highest BCUT2D eigenvalue weighted by Gasteiger charge is 2.17. The van der Waals surface area contributed by atoms with Crippen LogP contribution in [0.1, 0.15) is 37.5 Å². The third kappa shape index (κ3) is 4.35. The average molecular weight is 389 g/mol. The van der Waals surface area contributed by atoms with Gasteiger partial charge in [0.2, 0.25) is 0 Å². The van der Waals surface area contributed by atoms with E-state index in [1.165, 1.54) is 22.9 Å². The lowest BCUT2D eigenvalue weighted by atomic mass is 9.87. The first kappa shape index (κ1) is 19.9. The van der Waals surface area contributed by atoms with Crippen LogP contribution in [0.15, 0.2) is 53.7 Å². The Hall–Kier alpha value is -2.84. The molecule has 3 rings (SSSR count). The fourth-order valence-electron chi connectivity index (χ4n) is 2.84. The van der Waals surface area contributed by atoms with Crippen LogP contribution in [0, 0.1) is 18.3 Å². The number of rotatable bonds is 4. The van der Waals surface area contributed by atoms with E-state index in [1.807, 2.05) is 49.6 Å². The van der Waals surface area contributed by atoms with Gasteiger partial charge in [0.25, 0.3) is 0 Å². The van der Waals surface area contributed by atoms with Crippen LogP contribution in [0.4, 0.5) is 11.5 Å². The smallest absolute Gasteiger partial charge is 0.189 e. The molecular formula is C23H24N4S. The first-order valence-corrected chi connectivity index (χ1v) is 10.3. The van der Waals surface area contributed by atoms with Crippen molar-refractivity contribution in [1.82, 2.24) is 9.97 Å². The highest BCUT2D eigenvalue weighted by atomic mass is 32.2. The summed E-state index contributed by atoms with van der Waals surface area (Å²) in [6, 6.07) is 18.6. The maximum atomic E-state index is 9.83. The Morgan fingerprint density at radius 2 is 1.61 bits per heavy atom. The monoisotopic (exact) mass is 388 g/mol. The average Bonchev–Trinajstić information content (AvgIpc) is 2.67. The number of aryl methyl sites for hydroxylation is 1. The van der Waals surface area contributed by atoms with Crippen molar-refractivity contribution in [3.8, 4) is 17.3 Å². The maximum absolute atomic E-state index is 9.83. The molecule has 0 spiro atoms. The van der Waals surface area contributed by atoms with Crippen molar-refractivity contribution in [2.45, 2.75) is 38.3 Å². The SMILES string of the molecule is CSc1nc(Nc2ccc(C(C)(C)C)cc2)c(C#N)c(-c2ccc(C)cc2)n1. The van der Waals surface area contributed by atoms with Crippen molar-refractivity contribution >= 4 is 23.3 Å². The normalized spacial score (nSPS) is 11.1. The molecule has 1 heterocycles. The fourth-order valence-corrected chi connectivity index (χ4v) is 3.20. The summed E-state index contributed by atoms with van der Waals surface area (Å²) < 4.78 is 0. The topological polar surface area (TPSA) is 61.6 Å². The van der Waals surface area contributed by atoms with E-state index in [2.05, 4.69) is 54.3 Å². The minimum Gasteiger partial charge on any atom is -0.339 e. The summed E-state index contributed by atoms with van der Waals surface area (Å²) in [5.41, 5.74) is 5.41. The molecule has 1 aromatic heterocycles. The molecule has 4 nitrogen and oxygen atoms in total. The fraction of sp³-hybridized carbons (Fsp3) is 0.261. The van der Waals surface area contributed by atoms with Gasteiger partial charge in [-0.1, -0.05) is 74.5 Å². The number of hydrogen-bond donors (Lipinski definition) is 1. The van der Waals surface area contributed by atoms with Crippen LogP contribution < -0.4 is 5.32 Å². The van der Waals surface area contributed by atoms with E-state index >= 15 is 0 Å². The van der Waals surface area contributed by atoms with Crippen molar-refractivity contribution in [3.63, 3.8) is 0 Å². The Kier molecular flexibility index (Phi) is 5.71. The molecule has 0 radical (unpaired) electrons. The molecule has 142 valence electrons. The molecule has 1 N–H and O–H groups in total. The van der Waals surface area contributed by atoms with Crippen molar-refractivity contribution in [2.24, 2.45) is 0 Å². The van der Waals surface area contributed by atoms with E-state index < -0.39 is 0 Å². The van der Waals surface area contributed by atoms with Gasteiger partial charge in [0, 0.05) is 11.3 Å². The van der Waals surface area contributed by atoms with E-state index in [-0.39, 0.29) is 5.41 Å². The van der Waals surface area contributed by atoms with Crippen LogP contribution in [0.2, 0.25) is 0 Å². The predicted molar refractivity (Wildman–Crippen MR) is 117 cm³/mol. The van der Waals surface area contributed by atoms with Gasteiger partial charge in [-0.05, 0) is 36.3 Å². The van der Waals surface area contributed by atoms with E-state index in [1.54, 1.807) is 0 Å². The third-order valence-corrected chi connectivity index (χ3v) is 5.07. The van der Waals surface area contributed by atoms with Crippen LogP contribution >= 0.6 is 11.8 Å². The molecule has 0 unspecified atom stereocenters. The van der Waals surface area contributed by atoms with Gasteiger partial charge in [0.1, 0.15) is 11.6 Å². The lowest BCUT2D eigenvalue weighted by Crippen LogP contribution is -2.10. The van der Waals surface area contributed by atoms with Crippen LogP contribution in [0.25, 0.3) is 11.3 Å². The summed E-state index contributed by atoms with van der Waals surface area (Å²) in [7, 11) is 0. The molecule has 0 saturated heterocycles. The largest absolute Gasteiger partial charge is 0.339 e. The predicted octanol–water partition coefficient (Wildman–Crippen LogP) is 6.09. The zero-order valence-corrected chi connectivity index (χ0v) is 17.7. The number of anilines is 2. The zero-order chi connectivity index (χ0) is 20.3. The quantitative estimate of drug-likeness (QED) is 0.433. The van der Waals surface area contributed by atoms with Gasteiger partial charge in [0.05, 0.1) is 5.69 Å². The first-order chi connectivity index (χ1) is 13.3. The van der Waals surface area contributed by atoms with Crippen molar-refractivity contribution in [1.29, 1.82) is 5.26 Å². The Morgan fingerprint density at radius 3 is 2.14 bits per heavy atom. The highest BCUT2D eigenvalue weighted by molar-refractivity contribution is 7.98. The van der Waals surface area contributed by atoms with E-state index in [9.17, 15) is 5.26 Å². The zero-order valence-electron chi connectivity index (χ0n) is 16.9. The summed E-state index contributed by atoms with van der Waals surface area (Å²) in [4.78, 5) is 9.15. The number of nitriles is 1. The van der Waals surface area contributed by atoms with Crippen LogP contribution in [-0.4, -0.2) is 16.2 Å². The lowest BCUT2D eigenvalue weighted by Gasteiger charge is -2.19. The number of aromatic nitrogens is 2. The van der Waals surface area contributed by atoms with E-state index in [0.717, 1.165) is 11.3 Å². The van der Waals surface area contributed by atoms with Gasteiger partial charge in [-0.25, -0.2) is 9.97 Å². The number of hydrogen-bond acceptors (Lipinski definition) is 5. The van der Waals surface area contributed by atoms with Crippen molar-refractivity contribution < 1.29 is 0 Å². The summed E-state index contributed by atoms with van der Waals surface area (Å²) in [5, 5.41) is 13.8. The Labute approximate surface area is 171 Å². The Balaban J connectivity index is 2.04. The summed E-state index contributed by atoms with van der Waals surface area (Å²) in [5.74, 6) is 0.529. The molecule has 5 heteroatoms. The summed E-state index contributed by atoms with van der Waals surface area (Å²) in [6.45, 7) is 8.60.